The van der Waals surface area contributed by atoms with Crippen LogP contribution in [0.3, 0.4) is 0 Å². The van der Waals surface area contributed by atoms with Crippen molar-refractivity contribution in [1.29, 1.82) is 0 Å². The predicted molar refractivity (Wildman–Crippen MR) is 157 cm³/mol. The highest BCUT2D eigenvalue weighted by molar-refractivity contribution is 8.00. The van der Waals surface area contributed by atoms with Gasteiger partial charge in [0.2, 0.25) is 11.8 Å². The Morgan fingerprint density at radius 3 is 2.70 bits per heavy atom. The molecule has 7 nitrogen and oxygen atoms in total. The Hall–Kier alpha value is -3.47. The number of aromatic nitrogens is 2. The van der Waals surface area contributed by atoms with Gasteiger partial charge in [-0.25, -0.2) is 9.07 Å². The number of carbonyl (C=O) groups is 2. The quantitative estimate of drug-likeness (QED) is 0.314. The molecule has 4 heterocycles. The lowest BCUT2D eigenvalue weighted by atomic mass is 10.0. The third-order valence-electron chi connectivity index (χ3n) is 7.21. The minimum atomic E-state index is -0.322. The highest BCUT2D eigenvalue weighted by Crippen LogP contribution is 2.49. The number of amides is 2. The number of thiophene rings is 1. The average Bonchev–Trinajstić information content (AvgIpc) is 3.72. The lowest BCUT2D eigenvalue weighted by molar-refractivity contribution is -0.123. The first kappa shape index (κ1) is 26.7. The maximum Gasteiger partial charge on any atom is 0.240 e. The van der Waals surface area contributed by atoms with Gasteiger partial charge in [-0.1, -0.05) is 36.4 Å². The maximum absolute atomic E-state index is 13.9. The second kappa shape index (κ2) is 11.6. The number of aryl methyl sites for hydroxylation is 1. The van der Waals surface area contributed by atoms with E-state index in [0.717, 1.165) is 45.8 Å². The van der Waals surface area contributed by atoms with Gasteiger partial charge >= 0.3 is 0 Å². The van der Waals surface area contributed by atoms with E-state index in [1.54, 1.807) is 33.1 Å². The Labute approximate surface area is 240 Å². The summed E-state index contributed by atoms with van der Waals surface area (Å²) in [6, 6.07) is 18.2. The number of nitrogens with zero attached hydrogens (tertiary/aromatic N) is 3. The molecule has 2 aromatic carbocycles. The summed E-state index contributed by atoms with van der Waals surface area (Å²) < 4.78 is 21.4. The van der Waals surface area contributed by atoms with Crippen LogP contribution in [-0.2, 0) is 14.3 Å². The number of para-hydroxylation sites is 1. The fourth-order valence-corrected chi connectivity index (χ4v) is 7.14. The lowest BCUT2D eigenvalue weighted by Crippen LogP contribution is -2.44. The van der Waals surface area contributed by atoms with Gasteiger partial charge in [0.25, 0.3) is 0 Å². The highest BCUT2D eigenvalue weighted by Gasteiger charge is 2.38. The minimum Gasteiger partial charge on any atom is -0.376 e. The van der Waals surface area contributed by atoms with E-state index in [-0.39, 0.29) is 41.3 Å². The van der Waals surface area contributed by atoms with E-state index in [1.165, 1.54) is 23.9 Å². The van der Waals surface area contributed by atoms with E-state index in [9.17, 15) is 14.0 Å². The topological polar surface area (TPSA) is 76.5 Å². The summed E-state index contributed by atoms with van der Waals surface area (Å²) in [5.41, 5.74) is 4.25. The Kier molecular flexibility index (Phi) is 7.73. The molecule has 0 spiro atoms. The highest BCUT2D eigenvalue weighted by atomic mass is 32.2. The molecule has 0 radical (unpaired) electrons. The first-order valence-corrected chi connectivity index (χ1v) is 15.2. The van der Waals surface area contributed by atoms with Crippen molar-refractivity contribution in [2.24, 2.45) is 0 Å². The number of halogens is 1. The second-order valence-corrected chi connectivity index (χ2v) is 12.0. The molecule has 2 aromatic heterocycles. The molecule has 2 atom stereocenters. The van der Waals surface area contributed by atoms with Crippen molar-refractivity contribution >= 4 is 40.7 Å². The largest absolute Gasteiger partial charge is 0.376 e. The molecule has 1 fully saturated rings. The van der Waals surface area contributed by atoms with Crippen molar-refractivity contribution in [2.75, 3.05) is 30.3 Å². The van der Waals surface area contributed by atoms with Crippen LogP contribution in [0.1, 0.15) is 34.8 Å². The van der Waals surface area contributed by atoms with Crippen LogP contribution in [0.25, 0.3) is 16.3 Å². The van der Waals surface area contributed by atoms with Crippen molar-refractivity contribution in [2.45, 2.75) is 31.1 Å². The number of carbonyl (C=O) groups excluding carboxylic acids is 2. The molecule has 10 heteroatoms. The van der Waals surface area contributed by atoms with E-state index in [4.69, 9.17) is 9.84 Å². The summed E-state index contributed by atoms with van der Waals surface area (Å²) in [6.07, 6.45) is 1.89. The number of fused-ring (bicyclic) bond motifs is 1. The van der Waals surface area contributed by atoms with Gasteiger partial charge in [0.05, 0.1) is 27.7 Å². The van der Waals surface area contributed by atoms with Crippen LogP contribution >= 0.6 is 23.1 Å². The van der Waals surface area contributed by atoms with Crippen molar-refractivity contribution in [3.05, 3.63) is 88.6 Å². The van der Waals surface area contributed by atoms with Gasteiger partial charge in [-0.2, -0.15) is 5.10 Å². The second-order valence-electron chi connectivity index (χ2n) is 9.92. The smallest absolute Gasteiger partial charge is 0.240 e. The molecule has 4 aromatic rings. The van der Waals surface area contributed by atoms with Crippen LogP contribution < -0.4 is 10.2 Å². The maximum atomic E-state index is 13.9. The number of nitrogens with one attached hydrogen (secondary N) is 1. The predicted octanol–water partition coefficient (Wildman–Crippen LogP) is 5.51. The van der Waals surface area contributed by atoms with Crippen LogP contribution in [0.4, 0.5) is 10.2 Å². The first-order chi connectivity index (χ1) is 19.5. The number of benzene rings is 2. The molecule has 2 aliphatic heterocycles. The third-order valence-corrected chi connectivity index (χ3v) is 9.34. The number of thioether (sulfide) groups is 1. The third kappa shape index (κ3) is 5.31. The summed E-state index contributed by atoms with van der Waals surface area (Å²) in [6.45, 7) is 2.98. The standard InChI is InChI=1S/C30H29FN4O3S2/c1-19-6-2-3-8-23(19)35-30-27(28(33-35)24-9-5-15-39-24)29(20-10-12-21(31)13-11-20)40-18-26(37)34(30)17-25(36)32-16-22-7-4-14-38-22/h2-3,5-6,8-13,15,22,29H,4,7,14,16-18H2,1H3,(H,32,36)/t22-,29-/m0/s1. The van der Waals surface area contributed by atoms with Crippen LogP contribution in [0, 0.1) is 12.7 Å². The lowest BCUT2D eigenvalue weighted by Gasteiger charge is -2.24. The molecule has 6 rings (SSSR count). The molecule has 2 aliphatic rings. The zero-order valence-electron chi connectivity index (χ0n) is 22.0. The van der Waals surface area contributed by atoms with Gasteiger partial charge in [0, 0.05) is 18.7 Å². The summed E-state index contributed by atoms with van der Waals surface area (Å²) in [5.74, 6) is -0.0367. The fraction of sp³-hybridized carbons (Fsp3) is 0.300. The molecule has 0 aliphatic carbocycles. The number of rotatable bonds is 7. The first-order valence-electron chi connectivity index (χ1n) is 13.3. The number of anilines is 1. The zero-order valence-corrected chi connectivity index (χ0v) is 23.6. The molecule has 0 unspecified atom stereocenters. The molecule has 1 N–H and O–H groups in total. The molecule has 40 heavy (non-hydrogen) atoms. The molecular formula is C30H29FN4O3S2. The Balaban J connectivity index is 1.51. The molecule has 206 valence electrons. The SMILES string of the molecule is Cc1ccccc1-n1nc(-c2cccs2)c2c1N(CC(=O)NC[C@@H]1CCCO1)C(=O)CS[C@H]2c1ccc(F)cc1. The van der Waals surface area contributed by atoms with Crippen LogP contribution in [0.2, 0.25) is 0 Å². The van der Waals surface area contributed by atoms with Crippen molar-refractivity contribution in [3.8, 4) is 16.3 Å². The van der Waals surface area contributed by atoms with Crippen molar-refractivity contribution in [1.82, 2.24) is 15.1 Å². The fourth-order valence-electron chi connectivity index (χ4n) is 5.22. The Morgan fingerprint density at radius 1 is 1.15 bits per heavy atom. The van der Waals surface area contributed by atoms with Crippen molar-refractivity contribution < 1.29 is 18.7 Å². The van der Waals surface area contributed by atoms with E-state index < -0.39 is 0 Å². The monoisotopic (exact) mass is 576 g/mol. The van der Waals surface area contributed by atoms with Crippen molar-refractivity contribution in [3.63, 3.8) is 0 Å². The minimum absolute atomic E-state index is 0.000635. The van der Waals surface area contributed by atoms with Crippen LogP contribution in [0.15, 0.2) is 66.0 Å². The summed E-state index contributed by atoms with van der Waals surface area (Å²) >= 11 is 3.03. The summed E-state index contributed by atoms with van der Waals surface area (Å²) in [5, 5.41) is 9.76. The zero-order chi connectivity index (χ0) is 27.6. The number of hydrogen-bond donors (Lipinski definition) is 1. The normalized spacial score (nSPS) is 18.9. The summed E-state index contributed by atoms with van der Waals surface area (Å²) in [7, 11) is 0. The Morgan fingerprint density at radius 2 is 1.98 bits per heavy atom. The van der Waals surface area contributed by atoms with E-state index >= 15 is 0 Å². The van der Waals surface area contributed by atoms with Gasteiger partial charge < -0.3 is 10.1 Å². The molecule has 1 saturated heterocycles. The van der Waals surface area contributed by atoms with Gasteiger partial charge in [0.1, 0.15) is 23.9 Å². The van der Waals surface area contributed by atoms with Gasteiger partial charge in [0.15, 0.2) is 0 Å². The van der Waals surface area contributed by atoms with Gasteiger partial charge in [-0.3, -0.25) is 14.5 Å². The molecule has 2 amide bonds. The molecular weight excluding hydrogens is 547 g/mol. The van der Waals surface area contributed by atoms with Gasteiger partial charge in [-0.05, 0) is 60.5 Å². The van der Waals surface area contributed by atoms with E-state index in [0.29, 0.717) is 19.0 Å². The number of ether oxygens (including phenoxy) is 1. The summed E-state index contributed by atoms with van der Waals surface area (Å²) in [4.78, 5) is 29.5. The van der Waals surface area contributed by atoms with E-state index in [2.05, 4.69) is 5.32 Å². The van der Waals surface area contributed by atoms with Gasteiger partial charge in [-0.15, -0.1) is 23.1 Å². The van der Waals surface area contributed by atoms with E-state index in [1.807, 2.05) is 48.7 Å². The van der Waals surface area contributed by atoms with Crippen LogP contribution in [-0.4, -0.2) is 53.1 Å². The molecule has 0 bridgehead atoms. The van der Waals surface area contributed by atoms with Crippen LogP contribution in [0.5, 0.6) is 0 Å². The number of hydrogen-bond acceptors (Lipinski definition) is 6. The average molecular weight is 577 g/mol. The molecule has 0 saturated carbocycles. The Bertz CT molecular complexity index is 1510.